The smallest absolute Gasteiger partial charge is 0.0991 e. The summed E-state index contributed by atoms with van der Waals surface area (Å²) in [4.78, 5) is 0. The second-order valence-corrected chi connectivity index (χ2v) is 5.39. The molecule has 2 heteroatoms. The van der Waals surface area contributed by atoms with Crippen LogP contribution < -0.4 is 5.32 Å². The molecule has 0 spiro atoms. The molecule has 0 aromatic heterocycles. The molecule has 102 valence electrons. The molecule has 2 nitrogen and oxygen atoms in total. The van der Waals surface area contributed by atoms with Gasteiger partial charge in [0.2, 0.25) is 0 Å². The van der Waals surface area contributed by atoms with Gasteiger partial charge in [-0.2, -0.15) is 5.26 Å². The molecule has 1 N–H and O–H groups in total. The fraction of sp³-hybridized carbons (Fsp3) is 0.278. The largest absolute Gasteiger partial charge is 0.310 e. The van der Waals surface area contributed by atoms with Gasteiger partial charge in [0.15, 0.2) is 0 Å². The summed E-state index contributed by atoms with van der Waals surface area (Å²) in [6, 6.07) is 16.9. The zero-order chi connectivity index (χ0) is 14.5. The van der Waals surface area contributed by atoms with Gasteiger partial charge in [-0.1, -0.05) is 49.7 Å². The van der Waals surface area contributed by atoms with E-state index in [9.17, 15) is 0 Å². The van der Waals surface area contributed by atoms with Crippen LogP contribution in [0.1, 0.15) is 30.5 Å². The molecule has 0 amide bonds. The van der Waals surface area contributed by atoms with Crippen LogP contribution in [0.3, 0.4) is 0 Å². The first kappa shape index (κ1) is 14.3. The predicted molar refractivity (Wildman–Crippen MR) is 83.3 cm³/mol. The third-order valence-electron chi connectivity index (χ3n) is 3.27. The first-order chi connectivity index (χ1) is 9.60. The summed E-state index contributed by atoms with van der Waals surface area (Å²) in [6.07, 6.45) is 0. The van der Waals surface area contributed by atoms with E-state index in [2.05, 4.69) is 56.4 Å². The van der Waals surface area contributed by atoms with E-state index in [1.54, 1.807) is 0 Å². The molecular weight excluding hydrogens is 244 g/mol. The third-order valence-corrected chi connectivity index (χ3v) is 3.27. The fourth-order valence-corrected chi connectivity index (χ4v) is 2.18. The molecular formula is C18H20N2. The second kappa shape index (κ2) is 6.36. The summed E-state index contributed by atoms with van der Waals surface area (Å²) in [5.41, 5.74) is 5.50. The highest BCUT2D eigenvalue weighted by Crippen LogP contribution is 2.26. The standard InChI is InChI=1S/C18H20N2/c1-13(2)20-12-17-8-7-14(3)9-18(17)16-6-4-5-15(10-16)11-19/h4-10,13,20H,12H2,1-3H3. The van der Waals surface area contributed by atoms with Gasteiger partial charge in [-0.3, -0.25) is 0 Å². The molecule has 0 heterocycles. The lowest BCUT2D eigenvalue weighted by atomic mass is 9.96. The summed E-state index contributed by atoms with van der Waals surface area (Å²) < 4.78 is 0. The number of hydrogen-bond acceptors (Lipinski definition) is 2. The molecule has 0 radical (unpaired) electrons. The molecule has 0 fully saturated rings. The van der Waals surface area contributed by atoms with Crippen molar-refractivity contribution in [1.82, 2.24) is 5.32 Å². The van der Waals surface area contributed by atoms with Crippen molar-refractivity contribution in [3.05, 3.63) is 59.2 Å². The van der Waals surface area contributed by atoms with Gasteiger partial charge in [0, 0.05) is 12.6 Å². The number of hydrogen-bond donors (Lipinski definition) is 1. The van der Waals surface area contributed by atoms with Crippen molar-refractivity contribution in [2.45, 2.75) is 33.4 Å². The van der Waals surface area contributed by atoms with E-state index >= 15 is 0 Å². The van der Waals surface area contributed by atoms with E-state index in [-0.39, 0.29) is 0 Å². The van der Waals surface area contributed by atoms with Gasteiger partial charge in [0.05, 0.1) is 11.6 Å². The lowest BCUT2D eigenvalue weighted by Crippen LogP contribution is -2.22. The molecule has 0 aliphatic rings. The lowest BCUT2D eigenvalue weighted by molar-refractivity contribution is 0.589. The van der Waals surface area contributed by atoms with Gasteiger partial charge in [0.1, 0.15) is 0 Å². The number of nitrogens with one attached hydrogen (secondary N) is 1. The molecule has 0 aliphatic heterocycles. The van der Waals surface area contributed by atoms with Crippen molar-refractivity contribution in [3.63, 3.8) is 0 Å². The minimum atomic E-state index is 0.453. The van der Waals surface area contributed by atoms with Crippen molar-refractivity contribution in [3.8, 4) is 17.2 Å². The Labute approximate surface area is 121 Å². The van der Waals surface area contributed by atoms with Crippen LogP contribution >= 0.6 is 0 Å². The summed E-state index contributed by atoms with van der Waals surface area (Å²) in [7, 11) is 0. The quantitative estimate of drug-likeness (QED) is 0.905. The van der Waals surface area contributed by atoms with E-state index < -0.39 is 0 Å². The summed E-state index contributed by atoms with van der Waals surface area (Å²) in [5.74, 6) is 0. The first-order valence-corrected chi connectivity index (χ1v) is 6.93. The normalized spacial score (nSPS) is 10.6. The van der Waals surface area contributed by atoms with Crippen LogP contribution in [-0.4, -0.2) is 6.04 Å². The maximum atomic E-state index is 9.05. The van der Waals surface area contributed by atoms with Crippen molar-refractivity contribution < 1.29 is 0 Å². The van der Waals surface area contributed by atoms with Crippen LogP contribution in [0.25, 0.3) is 11.1 Å². The van der Waals surface area contributed by atoms with E-state index in [4.69, 9.17) is 5.26 Å². The minimum absolute atomic E-state index is 0.453. The van der Waals surface area contributed by atoms with Crippen LogP contribution in [-0.2, 0) is 6.54 Å². The summed E-state index contributed by atoms with van der Waals surface area (Å²) in [5, 5.41) is 12.5. The number of aryl methyl sites for hydroxylation is 1. The van der Waals surface area contributed by atoms with Gasteiger partial charge in [-0.05, 0) is 35.7 Å². The maximum absolute atomic E-state index is 9.05. The average Bonchev–Trinajstić information content (AvgIpc) is 2.46. The van der Waals surface area contributed by atoms with Crippen molar-refractivity contribution in [2.75, 3.05) is 0 Å². The van der Waals surface area contributed by atoms with Crippen LogP contribution in [0.2, 0.25) is 0 Å². The van der Waals surface area contributed by atoms with E-state index in [1.807, 2.05) is 18.2 Å². The Kier molecular flexibility index (Phi) is 4.55. The molecule has 2 aromatic rings. The Balaban J connectivity index is 2.43. The molecule has 0 aliphatic carbocycles. The van der Waals surface area contributed by atoms with Crippen molar-refractivity contribution >= 4 is 0 Å². The van der Waals surface area contributed by atoms with Gasteiger partial charge >= 0.3 is 0 Å². The number of nitriles is 1. The zero-order valence-corrected chi connectivity index (χ0v) is 12.3. The predicted octanol–water partition coefficient (Wildman–Crippen LogP) is 4.03. The fourth-order valence-electron chi connectivity index (χ4n) is 2.18. The summed E-state index contributed by atoms with van der Waals surface area (Å²) in [6.45, 7) is 7.22. The van der Waals surface area contributed by atoms with Gasteiger partial charge in [0.25, 0.3) is 0 Å². The Morgan fingerprint density at radius 1 is 1.15 bits per heavy atom. The van der Waals surface area contributed by atoms with Crippen molar-refractivity contribution in [2.24, 2.45) is 0 Å². The van der Waals surface area contributed by atoms with Gasteiger partial charge in [-0.15, -0.1) is 0 Å². The summed E-state index contributed by atoms with van der Waals surface area (Å²) >= 11 is 0. The van der Waals surface area contributed by atoms with Gasteiger partial charge in [-0.25, -0.2) is 0 Å². The number of rotatable bonds is 4. The highest BCUT2D eigenvalue weighted by molar-refractivity contribution is 5.69. The van der Waals surface area contributed by atoms with E-state index in [0.717, 1.165) is 12.1 Å². The van der Waals surface area contributed by atoms with Crippen LogP contribution in [0.5, 0.6) is 0 Å². The topological polar surface area (TPSA) is 35.8 Å². The lowest BCUT2D eigenvalue weighted by Gasteiger charge is -2.14. The van der Waals surface area contributed by atoms with Crippen molar-refractivity contribution in [1.29, 1.82) is 5.26 Å². The molecule has 0 atom stereocenters. The average molecular weight is 264 g/mol. The Morgan fingerprint density at radius 2 is 1.95 bits per heavy atom. The molecule has 0 saturated heterocycles. The SMILES string of the molecule is Cc1ccc(CNC(C)C)c(-c2cccc(C#N)c2)c1. The molecule has 2 aromatic carbocycles. The van der Waals surface area contributed by atoms with Crippen LogP contribution in [0.15, 0.2) is 42.5 Å². The van der Waals surface area contributed by atoms with Crippen LogP contribution in [0.4, 0.5) is 0 Å². The number of nitrogens with zero attached hydrogens (tertiary/aromatic N) is 1. The minimum Gasteiger partial charge on any atom is -0.310 e. The maximum Gasteiger partial charge on any atom is 0.0991 e. The highest BCUT2D eigenvalue weighted by atomic mass is 14.9. The number of benzene rings is 2. The molecule has 0 bridgehead atoms. The second-order valence-electron chi connectivity index (χ2n) is 5.39. The third kappa shape index (κ3) is 3.46. The molecule has 20 heavy (non-hydrogen) atoms. The first-order valence-electron chi connectivity index (χ1n) is 6.93. The molecule has 2 rings (SSSR count). The van der Waals surface area contributed by atoms with E-state index in [0.29, 0.717) is 11.6 Å². The Hall–Kier alpha value is -2.11. The Morgan fingerprint density at radius 3 is 2.65 bits per heavy atom. The van der Waals surface area contributed by atoms with Gasteiger partial charge < -0.3 is 5.32 Å². The highest BCUT2D eigenvalue weighted by Gasteiger charge is 2.07. The van der Waals surface area contributed by atoms with E-state index in [1.165, 1.54) is 16.7 Å². The molecule has 0 unspecified atom stereocenters. The Bertz CT molecular complexity index is 636. The van der Waals surface area contributed by atoms with Crippen LogP contribution in [0, 0.1) is 18.3 Å². The monoisotopic (exact) mass is 264 g/mol. The zero-order valence-electron chi connectivity index (χ0n) is 12.3. The molecule has 0 saturated carbocycles.